The lowest BCUT2D eigenvalue weighted by Crippen LogP contribution is -2.32. The van der Waals surface area contributed by atoms with Crippen LogP contribution in [0.2, 0.25) is 5.02 Å². The minimum atomic E-state index is -0.500. The molecule has 1 saturated carbocycles. The standard InChI is InChI=1S/C18H26ClFO/c1-18(2,3)13-9-7-12(8-10-13)17(21)11-14-15(19)5-4-6-16(14)20/h4-6,12-13,17,21H,7-11H2,1-3H3. The number of rotatable bonds is 3. The van der Waals surface area contributed by atoms with Gasteiger partial charge in [-0.2, -0.15) is 0 Å². The summed E-state index contributed by atoms with van der Waals surface area (Å²) in [5, 5.41) is 10.9. The van der Waals surface area contributed by atoms with E-state index in [0.717, 1.165) is 31.6 Å². The van der Waals surface area contributed by atoms with Gasteiger partial charge in [0.25, 0.3) is 0 Å². The van der Waals surface area contributed by atoms with Crippen LogP contribution in [-0.2, 0) is 6.42 Å². The van der Waals surface area contributed by atoms with Crippen LogP contribution in [0, 0.1) is 23.1 Å². The van der Waals surface area contributed by atoms with E-state index in [1.807, 2.05) is 0 Å². The molecule has 0 bridgehead atoms. The fourth-order valence-corrected chi connectivity index (χ4v) is 3.71. The Bertz CT molecular complexity index is 452. The fourth-order valence-electron chi connectivity index (χ4n) is 3.47. The van der Waals surface area contributed by atoms with E-state index in [1.165, 1.54) is 6.07 Å². The molecule has 0 spiro atoms. The third-order valence-electron chi connectivity index (χ3n) is 5.02. The summed E-state index contributed by atoms with van der Waals surface area (Å²) in [6.07, 6.45) is 4.16. The highest BCUT2D eigenvalue weighted by Crippen LogP contribution is 2.41. The van der Waals surface area contributed by atoms with Crippen molar-refractivity contribution in [3.05, 3.63) is 34.6 Å². The Hall–Kier alpha value is -0.600. The lowest BCUT2D eigenvalue weighted by atomic mass is 9.68. The van der Waals surface area contributed by atoms with Gasteiger partial charge in [-0.05, 0) is 55.1 Å². The molecule has 0 aliphatic heterocycles. The number of aliphatic hydroxyl groups is 1. The Morgan fingerprint density at radius 3 is 2.38 bits per heavy atom. The van der Waals surface area contributed by atoms with Crippen LogP contribution in [0.4, 0.5) is 4.39 Å². The highest BCUT2D eigenvalue weighted by atomic mass is 35.5. The van der Waals surface area contributed by atoms with Crippen molar-refractivity contribution in [3.8, 4) is 0 Å². The van der Waals surface area contributed by atoms with Crippen LogP contribution in [0.1, 0.15) is 52.0 Å². The van der Waals surface area contributed by atoms with E-state index in [4.69, 9.17) is 11.6 Å². The van der Waals surface area contributed by atoms with Gasteiger partial charge in [0, 0.05) is 17.0 Å². The monoisotopic (exact) mass is 312 g/mol. The van der Waals surface area contributed by atoms with Crippen LogP contribution in [0.15, 0.2) is 18.2 Å². The Labute approximate surface area is 132 Å². The first-order valence-corrected chi connectivity index (χ1v) is 8.27. The summed E-state index contributed by atoms with van der Waals surface area (Å²) in [5.74, 6) is 0.669. The molecular weight excluding hydrogens is 287 g/mol. The van der Waals surface area contributed by atoms with Gasteiger partial charge in [-0.1, -0.05) is 38.4 Å². The molecule has 1 aromatic carbocycles. The van der Waals surface area contributed by atoms with Gasteiger partial charge in [-0.3, -0.25) is 0 Å². The Kier molecular flexibility index (Phi) is 5.32. The van der Waals surface area contributed by atoms with E-state index in [1.54, 1.807) is 12.1 Å². The summed E-state index contributed by atoms with van der Waals surface area (Å²) in [6.45, 7) is 6.86. The summed E-state index contributed by atoms with van der Waals surface area (Å²) in [7, 11) is 0. The summed E-state index contributed by atoms with van der Waals surface area (Å²) in [6, 6.07) is 4.69. The zero-order valence-corrected chi connectivity index (χ0v) is 14.0. The van der Waals surface area contributed by atoms with Gasteiger partial charge in [-0.25, -0.2) is 4.39 Å². The zero-order valence-electron chi connectivity index (χ0n) is 13.2. The Morgan fingerprint density at radius 1 is 1.24 bits per heavy atom. The van der Waals surface area contributed by atoms with Gasteiger partial charge < -0.3 is 5.11 Å². The van der Waals surface area contributed by atoms with Crippen LogP contribution in [0.3, 0.4) is 0 Å². The van der Waals surface area contributed by atoms with Crippen molar-refractivity contribution in [1.29, 1.82) is 0 Å². The summed E-state index contributed by atoms with van der Waals surface area (Å²) < 4.78 is 13.8. The van der Waals surface area contributed by atoms with E-state index >= 15 is 0 Å². The predicted molar refractivity (Wildman–Crippen MR) is 86.0 cm³/mol. The average Bonchev–Trinajstić information content (AvgIpc) is 2.42. The van der Waals surface area contributed by atoms with Crippen molar-refractivity contribution >= 4 is 11.6 Å². The maximum absolute atomic E-state index is 13.8. The van der Waals surface area contributed by atoms with E-state index in [0.29, 0.717) is 22.4 Å². The molecule has 0 aromatic heterocycles. The molecule has 1 atom stereocenters. The maximum Gasteiger partial charge on any atom is 0.127 e. The van der Waals surface area contributed by atoms with Crippen molar-refractivity contribution in [1.82, 2.24) is 0 Å². The molecule has 1 aliphatic rings. The predicted octanol–water partition coefficient (Wildman–Crippen LogP) is 5.24. The third kappa shape index (κ3) is 4.20. The molecule has 118 valence electrons. The van der Waals surface area contributed by atoms with Crippen molar-refractivity contribution in [2.75, 3.05) is 0 Å². The molecule has 1 fully saturated rings. The van der Waals surface area contributed by atoms with Crippen LogP contribution in [0.25, 0.3) is 0 Å². The Balaban J connectivity index is 1.95. The minimum absolute atomic E-state index is 0.263. The van der Waals surface area contributed by atoms with E-state index < -0.39 is 6.10 Å². The molecule has 0 amide bonds. The number of aliphatic hydroxyl groups excluding tert-OH is 1. The molecular formula is C18H26ClFO. The van der Waals surface area contributed by atoms with Crippen molar-refractivity contribution < 1.29 is 9.50 Å². The molecule has 2 rings (SSSR count). The van der Waals surface area contributed by atoms with E-state index in [9.17, 15) is 9.50 Å². The second-order valence-electron chi connectivity index (χ2n) is 7.45. The molecule has 1 nitrogen and oxygen atoms in total. The fraction of sp³-hybridized carbons (Fsp3) is 0.667. The molecule has 0 heterocycles. The minimum Gasteiger partial charge on any atom is -0.392 e. The van der Waals surface area contributed by atoms with Crippen molar-refractivity contribution in [2.24, 2.45) is 17.3 Å². The van der Waals surface area contributed by atoms with Crippen LogP contribution in [-0.4, -0.2) is 11.2 Å². The highest BCUT2D eigenvalue weighted by Gasteiger charge is 2.32. The zero-order chi connectivity index (χ0) is 15.6. The lowest BCUT2D eigenvalue weighted by molar-refractivity contribution is 0.0532. The molecule has 1 aliphatic carbocycles. The Morgan fingerprint density at radius 2 is 1.86 bits per heavy atom. The SMILES string of the molecule is CC(C)(C)C1CCC(C(O)Cc2c(F)cccc2Cl)CC1. The summed E-state index contributed by atoms with van der Waals surface area (Å²) >= 11 is 6.04. The summed E-state index contributed by atoms with van der Waals surface area (Å²) in [5.41, 5.74) is 0.787. The molecule has 0 radical (unpaired) electrons. The van der Waals surface area contributed by atoms with Gasteiger partial charge >= 0.3 is 0 Å². The lowest BCUT2D eigenvalue weighted by Gasteiger charge is -2.38. The largest absolute Gasteiger partial charge is 0.392 e. The van der Waals surface area contributed by atoms with E-state index in [-0.39, 0.29) is 11.7 Å². The van der Waals surface area contributed by atoms with Gasteiger partial charge in [0.1, 0.15) is 5.82 Å². The summed E-state index contributed by atoms with van der Waals surface area (Å²) in [4.78, 5) is 0. The van der Waals surface area contributed by atoms with Gasteiger partial charge in [0.15, 0.2) is 0 Å². The average molecular weight is 313 g/mol. The second kappa shape index (κ2) is 6.66. The molecule has 0 saturated heterocycles. The molecule has 3 heteroatoms. The van der Waals surface area contributed by atoms with Crippen molar-refractivity contribution in [2.45, 2.75) is 59.0 Å². The first-order valence-electron chi connectivity index (χ1n) is 7.90. The van der Waals surface area contributed by atoms with Gasteiger partial charge in [0.2, 0.25) is 0 Å². The number of hydrogen-bond acceptors (Lipinski definition) is 1. The van der Waals surface area contributed by atoms with Crippen molar-refractivity contribution in [3.63, 3.8) is 0 Å². The smallest absolute Gasteiger partial charge is 0.127 e. The van der Waals surface area contributed by atoms with E-state index in [2.05, 4.69) is 20.8 Å². The third-order valence-corrected chi connectivity index (χ3v) is 5.37. The molecule has 1 N–H and O–H groups in total. The first-order chi connectivity index (χ1) is 9.79. The molecule has 1 unspecified atom stereocenters. The number of hydrogen-bond donors (Lipinski definition) is 1. The van der Waals surface area contributed by atoms with Crippen LogP contribution in [0.5, 0.6) is 0 Å². The molecule has 1 aromatic rings. The van der Waals surface area contributed by atoms with Crippen LogP contribution >= 0.6 is 11.6 Å². The quantitative estimate of drug-likeness (QED) is 0.809. The van der Waals surface area contributed by atoms with Gasteiger partial charge in [-0.15, -0.1) is 0 Å². The number of halogens is 2. The maximum atomic E-state index is 13.8. The molecule has 21 heavy (non-hydrogen) atoms. The number of benzene rings is 1. The van der Waals surface area contributed by atoms with Crippen LogP contribution < -0.4 is 0 Å². The first kappa shape index (κ1) is 16.8. The van der Waals surface area contributed by atoms with Gasteiger partial charge in [0.05, 0.1) is 6.10 Å². The second-order valence-corrected chi connectivity index (χ2v) is 7.86. The highest BCUT2D eigenvalue weighted by molar-refractivity contribution is 6.31. The normalized spacial score (nSPS) is 24.9. The topological polar surface area (TPSA) is 20.2 Å².